The van der Waals surface area contributed by atoms with Crippen LogP contribution in [-0.2, 0) is 9.59 Å². The molecule has 33 heteroatoms. The number of aryl methyl sites for hydroxylation is 1. The van der Waals surface area contributed by atoms with Crippen molar-refractivity contribution in [3.05, 3.63) is 241 Å². The number of carbonyl (C=O) groups excluding carboxylic acids is 1. The van der Waals surface area contributed by atoms with E-state index in [1.54, 1.807) is 73.9 Å². The van der Waals surface area contributed by atoms with Gasteiger partial charge in [0.15, 0.2) is 5.75 Å². The number of benzene rings is 5. The SMILES string of the molecule is CC1(O)CC(c2nc(C3=CC4N=C(c5ccccc5)SC4C=C3)c3c(N)nccn23)C1.CN(C)C(=O)N1CCC(c2nc(-c3cc4cccc(-c5ccccc5)c4[nH]3)c3c(N)nccn23)CC1.Cc1cccc2cc(-c3nc(C4CCC(C(=O)O)CC4)n4ccnc(N)c34)[nH]c12.Nc1nccn2c(C3CCC(C(=O)O)CC3)nc(-c3cc4cccc(OC(F)(F)F)c4[nH]3)c12. The lowest BCUT2D eigenvalue weighted by atomic mass is 9.72. The Morgan fingerprint density at radius 3 is 1.40 bits per heavy atom. The maximum absolute atomic E-state index is 12.8. The molecule has 16 aromatic rings. The summed E-state index contributed by atoms with van der Waals surface area (Å²) in [5.41, 5.74) is 40.7. The molecule has 14 N–H and O–H groups in total. The first-order valence-corrected chi connectivity index (χ1v) is 44.1. The molecule has 0 spiro atoms. The third-order valence-corrected chi connectivity index (χ3v) is 27.0. The normalized spacial score (nSPS) is 20.5. The smallest absolute Gasteiger partial charge is 0.481 e. The molecule has 4 aliphatic carbocycles. The maximum Gasteiger partial charge on any atom is 0.573 e. The molecule has 0 bridgehead atoms. The molecule has 1 saturated heterocycles. The lowest BCUT2D eigenvalue weighted by Gasteiger charge is -2.40. The Balaban J connectivity index is 0.000000112. The third-order valence-electron chi connectivity index (χ3n) is 25.8. The van der Waals surface area contributed by atoms with E-state index in [0.717, 1.165) is 143 Å². The second-order valence-corrected chi connectivity index (χ2v) is 35.7. The second kappa shape index (κ2) is 34.1. The Bertz CT molecular complexity index is 7090. The minimum Gasteiger partial charge on any atom is -0.481 e. The number of allylic oxidation sites excluding steroid dienone is 2. The van der Waals surface area contributed by atoms with Crippen LogP contribution >= 0.6 is 11.8 Å². The molecular formula is C96H95F3N22O7S. The monoisotopic (exact) mass is 1760 g/mol. The molecule has 13 heterocycles. The summed E-state index contributed by atoms with van der Waals surface area (Å²) in [7, 11) is 3.59. The second-order valence-electron chi connectivity index (χ2n) is 34.6. The van der Waals surface area contributed by atoms with Crippen molar-refractivity contribution >= 4 is 118 Å². The number of para-hydroxylation sites is 3. The molecule has 4 fully saturated rings. The minimum atomic E-state index is -4.82. The van der Waals surface area contributed by atoms with Gasteiger partial charge in [-0.25, -0.2) is 44.7 Å². The fraction of sp³-hybridized carbons (Fsp3) is 0.292. The average molecular weight is 1760 g/mol. The number of anilines is 4. The summed E-state index contributed by atoms with van der Waals surface area (Å²) in [5, 5.41) is 33.0. The standard InChI is InChI=1S/C28H29N7O.C24H23N5OS.C22H20F3N5O3.C22H23N5O2/c1-33(2)28(36)34-14-11-19(12-15-34)27-32-24(25-26(29)30-13-16-35(25)27)22-17-20-9-6-10-21(23(20)31-22)18-7-4-3-5-8-18;1-24(30)12-16(13-24)22-28-19(20-21(25)26-9-10-29(20)22)15-7-8-18-17(11-15)27-23(31-18)14-5-3-2-4-6-14;23-22(24,25)33-15-3-1-2-13-10-14(28-16(13)15)17-18-19(26)27-8-9-30(18)20(29-17)11-4-6-12(7-5-11)21(31)32;1-12-3-2-4-15-11-16(25-17(12)15)18-19-20(23)24-9-10-27(19)21(26-18)13-5-7-14(8-6-13)22(28)29/h3-10,13,16-17,19,31H,11-12,14-15H2,1-2H3,(H2,29,30);2-11,16-18,30H,12-13H2,1H3,(H2,25,26);1-3,8-12,28H,4-7H2,(H2,26,27)(H,31,32);2-4,9-11,13-14,25H,5-8H2,1H3,(H2,23,24)(H,28,29). The van der Waals surface area contributed by atoms with Gasteiger partial charge in [0.05, 0.1) is 67.6 Å². The summed E-state index contributed by atoms with van der Waals surface area (Å²) >= 11 is 1.80. The maximum atomic E-state index is 12.8. The van der Waals surface area contributed by atoms with Crippen LogP contribution in [0.2, 0.25) is 0 Å². The molecule has 3 saturated carbocycles. The van der Waals surface area contributed by atoms with Crippen LogP contribution in [0.15, 0.2) is 206 Å². The van der Waals surface area contributed by atoms with Gasteiger partial charge in [0.1, 0.15) is 85.7 Å². The molecule has 2 atom stereocenters. The lowest BCUT2D eigenvalue weighted by Crippen LogP contribution is -2.43. The van der Waals surface area contributed by atoms with Gasteiger partial charge in [0.2, 0.25) is 0 Å². The molecule has 22 rings (SSSR count). The Hall–Kier alpha value is -14.3. The quantitative estimate of drug-likeness (QED) is 0.0512. The predicted octanol–water partition coefficient (Wildman–Crippen LogP) is 17.7. The number of nitrogens with zero attached hydrogens (tertiary/aromatic N) is 15. The third kappa shape index (κ3) is 16.4. The number of aliphatic imine (C=N–C) groups is 1. The van der Waals surface area contributed by atoms with Gasteiger partial charge in [0, 0.05) is 139 Å². The van der Waals surface area contributed by atoms with Crippen LogP contribution in [-0.4, -0.2) is 171 Å². The van der Waals surface area contributed by atoms with Crippen molar-refractivity contribution < 1.29 is 47.6 Å². The summed E-state index contributed by atoms with van der Waals surface area (Å²) in [4.78, 5) is 90.8. The Kier molecular flexibility index (Phi) is 22.3. The highest BCUT2D eigenvalue weighted by molar-refractivity contribution is 8.15. The summed E-state index contributed by atoms with van der Waals surface area (Å²) in [6.07, 6.45) is 24.4. The highest BCUT2D eigenvalue weighted by Gasteiger charge is 2.43. The molecule has 29 nitrogen and oxygen atoms in total. The van der Waals surface area contributed by atoms with E-state index in [0.29, 0.717) is 109 Å². The van der Waals surface area contributed by atoms with Crippen LogP contribution < -0.4 is 27.7 Å². The van der Waals surface area contributed by atoms with Crippen molar-refractivity contribution in [3.8, 4) is 51.0 Å². The number of aromatic nitrogens is 15. The van der Waals surface area contributed by atoms with E-state index in [2.05, 4.69) is 148 Å². The van der Waals surface area contributed by atoms with E-state index >= 15 is 0 Å². The number of aliphatic hydroxyl groups is 1. The number of carboxylic acids is 2. The molecule has 2 unspecified atom stereocenters. The highest BCUT2D eigenvalue weighted by Crippen LogP contribution is 2.48. The number of carboxylic acid groups (broad SMARTS) is 2. The number of carbonyl (C=O) groups is 3. The summed E-state index contributed by atoms with van der Waals surface area (Å²) in [5.74, 6) is 3.39. The fourth-order valence-electron chi connectivity index (χ4n) is 19.3. The van der Waals surface area contributed by atoms with Crippen LogP contribution in [0.3, 0.4) is 0 Å². The Labute approximate surface area is 741 Å². The fourth-order valence-corrected chi connectivity index (χ4v) is 20.5. The predicted molar refractivity (Wildman–Crippen MR) is 493 cm³/mol. The number of fused-ring (bicyclic) bond motifs is 8. The topological polar surface area (TPSA) is 412 Å². The van der Waals surface area contributed by atoms with Gasteiger partial charge in [-0.3, -0.25) is 32.2 Å². The number of urea groups is 1. The van der Waals surface area contributed by atoms with Crippen LogP contribution in [0.25, 0.3) is 106 Å². The van der Waals surface area contributed by atoms with Crippen molar-refractivity contribution in [2.75, 3.05) is 50.1 Å². The largest absolute Gasteiger partial charge is 0.573 e. The number of ether oxygens (including phenoxy) is 1. The number of likely N-dealkylation sites (tertiary alicyclic amines) is 1. The molecular weight excluding hydrogens is 1660 g/mol. The van der Waals surface area contributed by atoms with Crippen molar-refractivity contribution in [2.45, 2.75) is 138 Å². The zero-order valence-electron chi connectivity index (χ0n) is 71.1. The van der Waals surface area contributed by atoms with Crippen molar-refractivity contribution in [1.29, 1.82) is 0 Å². The number of thioether (sulfide) groups is 1. The van der Waals surface area contributed by atoms with Gasteiger partial charge in [-0.15, -0.1) is 13.2 Å². The molecule has 6 aliphatic rings. The van der Waals surface area contributed by atoms with Gasteiger partial charge in [-0.1, -0.05) is 133 Å². The molecule has 658 valence electrons. The van der Waals surface area contributed by atoms with Crippen molar-refractivity contribution in [1.82, 2.24) is 82.2 Å². The number of piperidine rings is 1. The Morgan fingerprint density at radius 2 is 0.938 bits per heavy atom. The molecule has 2 amide bonds. The number of halogens is 3. The lowest BCUT2D eigenvalue weighted by molar-refractivity contribution is -0.274. The number of nitrogen functional groups attached to an aromatic ring is 4. The van der Waals surface area contributed by atoms with Crippen LogP contribution in [0.4, 0.5) is 41.2 Å². The summed E-state index contributed by atoms with van der Waals surface area (Å²) < 4.78 is 50.6. The van der Waals surface area contributed by atoms with E-state index < -0.39 is 23.9 Å². The van der Waals surface area contributed by atoms with Gasteiger partial charge in [0.25, 0.3) is 0 Å². The number of H-pyrrole nitrogens is 3. The Morgan fingerprint density at radius 1 is 0.519 bits per heavy atom. The minimum absolute atomic E-state index is 0.0251. The zero-order valence-corrected chi connectivity index (χ0v) is 71.9. The van der Waals surface area contributed by atoms with Gasteiger partial charge >= 0.3 is 24.3 Å². The highest BCUT2D eigenvalue weighted by atomic mass is 32.2. The van der Waals surface area contributed by atoms with Crippen LogP contribution in [0.1, 0.15) is 148 Å². The van der Waals surface area contributed by atoms with Crippen molar-refractivity contribution in [2.24, 2.45) is 16.8 Å². The molecule has 2 aliphatic heterocycles. The number of rotatable bonds is 13. The van der Waals surface area contributed by atoms with E-state index in [-0.39, 0.29) is 64.7 Å². The molecule has 129 heavy (non-hydrogen) atoms. The number of alkyl halides is 3. The van der Waals surface area contributed by atoms with Crippen LogP contribution in [0, 0.1) is 18.8 Å². The van der Waals surface area contributed by atoms with Gasteiger partial charge < -0.3 is 67.7 Å². The number of nitrogens with one attached hydrogen (secondary N) is 3. The summed E-state index contributed by atoms with van der Waals surface area (Å²) in [6.45, 7) is 5.37. The zero-order chi connectivity index (χ0) is 89.4. The molecule has 5 aromatic carbocycles. The van der Waals surface area contributed by atoms with Gasteiger partial charge in [-0.05, 0) is 132 Å². The van der Waals surface area contributed by atoms with E-state index in [1.165, 1.54) is 17.7 Å². The first-order chi connectivity index (χ1) is 62.2. The number of aliphatic carboxylic acids is 2. The average Bonchev–Trinajstić information content (AvgIpc) is 1.60. The van der Waals surface area contributed by atoms with E-state index in [4.69, 9.17) is 47.9 Å². The molecule has 11 aromatic heterocycles. The number of aromatic amines is 3. The first-order valence-electron chi connectivity index (χ1n) is 43.2. The first kappa shape index (κ1) is 84.2. The van der Waals surface area contributed by atoms with E-state index in [9.17, 15) is 42.9 Å². The van der Waals surface area contributed by atoms with Crippen molar-refractivity contribution in [3.63, 3.8) is 0 Å². The van der Waals surface area contributed by atoms with E-state index in [1.807, 2.05) is 73.9 Å². The van der Waals surface area contributed by atoms with Gasteiger partial charge in [-0.2, -0.15) is 0 Å². The summed E-state index contributed by atoms with van der Waals surface area (Å²) in [6, 6.07) is 43.7. The number of nitrogens with two attached hydrogens (primary N) is 4. The number of amides is 2. The van der Waals surface area contributed by atoms with Crippen LogP contribution in [0.5, 0.6) is 5.75 Å². The molecule has 0 radical (unpaired) electrons. The number of hydrogen-bond acceptors (Lipinski definition) is 19. The number of hydrogen-bond donors (Lipinski definition) is 10. The number of imidazole rings is 4.